The second-order valence-electron chi connectivity index (χ2n) is 1.61. The summed E-state index contributed by atoms with van der Waals surface area (Å²) in [5.41, 5.74) is 0. The Balaban J connectivity index is 4.25. The van der Waals surface area contributed by atoms with E-state index < -0.39 is 17.5 Å². The zero-order valence-corrected chi connectivity index (χ0v) is 5.21. The third-order valence-electron chi connectivity index (χ3n) is 0.655. The van der Waals surface area contributed by atoms with Gasteiger partial charge in [0, 0.05) is 6.08 Å². The molecule has 0 amide bonds. The van der Waals surface area contributed by atoms with Crippen molar-refractivity contribution in [2.75, 3.05) is 0 Å². The zero-order chi connectivity index (χ0) is 7.44. The summed E-state index contributed by atoms with van der Waals surface area (Å²) in [6, 6.07) is 0. The third-order valence-corrected chi connectivity index (χ3v) is 0.655. The van der Waals surface area contributed by atoms with E-state index in [4.69, 9.17) is 0 Å². The summed E-state index contributed by atoms with van der Waals surface area (Å²) >= 11 is 0. The van der Waals surface area contributed by atoms with Crippen molar-refractivity contribution >= 4 is 0 Å². The van der Waals surface area contributed by atoms with Crippen LogP contribution in [-0.2, 0) is 0 Å². The quantitative estimate of drug-likeness (QED) is 0.486. The van der Waals surface area contributed by atoms with Gasteiger partial charge in [-0.3, -0.25) is 0 Å². The maximum Gasteiger partial charge on any atom is 0.156 e. The smallest absolute Gasteiger partial charge is 0.156 e. The Labute approximate surface area is 51.7 Å². The molecule has 52 valence electrons. The Morgan fingerprint density at radius 2 is 1.56 bits per heavy atom. The first-order valence-electron chi connectivity index (χ1n) is 2.39. The molecular formula is C6H7F3. The molecule has 0 heterocycles. The number of hydrogen-bond donors (Lipinski definition) is 0. The van der Waals surface area contributed by atoms with Gasteiger partial charge in [0.05, 0.1) is 5.83 Å². The molecule has 3 heteroatoms. The molecule has 0 unspecified atom stereocenters. The van der Waals surface area contributed by atoms with E-state index in [0.29, 0.717) is 6.08 Å². The molecule has 0 saturated heterocycles. The van der Waals surface area contributed by atoms with Gasteiger partial charge >= 0.3 is 0 Å². The molecule has 0 nitrogen and oxygen atoms in total. The van der Waals surface area contributed by atoms with Crippen LogP contribution in [0.5, 0.6) is 0 Å². The van der Waals surface area contributed by atoms with E-state index in [1.54, 1.807) is 0 Å². The summed E-state index contributed by atoms with van der Waals surface area (Å²) in [5.74, 6) is -2.91. The summed E-state index contributed by atoms with van der Waals surface area (Å²) in [6.07, 6.45) is 0.495. The monoisotopic (exact) mass is 136 g/mol. The largest absolute Gasteiger partial charge is 0.212 e. The molecule has 0 aliphatic carbocycles. The normalized spacial score (nSPS) is 15.4. The van der Waals surface area contributed by atoms with E-state index in [-0.39, 0.29) is 0 Å². The van der Waals surface area contributed by atoms with Gasteiger partial charge in [0.25, 0.3) is 0 Å². The molecule has 0 aliphatic heterocycles. The van der Waals surface area contributed by atoms with Gasteiger partial charge in [-0.25, -0.2) is 13.2 Å². The van der Waals surface area contributed by atoms with Crippen LogP contribution in [0, 0.1) is 0 Å². The van der Waals surface area contributed by atoms with Crippen LogP contribution in [0.3, 0.4) is 0 Å². The van der Waals surface area contributed by atoms with Crippen LogP contribution in [0.2, 0.25) is 0 Å². The number of hydrogen-bond acceptors (Lipinski definition) is 0. The highest BCUT2D eigenvalue weighted by molar-refractivity contribution is 5.15. The summed E-state index contributed by atoms with van der Waals surface area (Å²) in [7, 11) is 0. The van der Waals surface area contributed by atoms with E-state index in [9.17, 15) is 13.2 Å². The molecule has 0 rings (SSSR count). The van der Waals surface area contributed by atoms with Gasteiger partial charge in [-0.15, -0.1) is 0 Å². The maximum atomic E-state index is 12.0. The maximum absolute atomic E-state index is 12.0. The van der Waals surface area contributed by atoms with Crippen molar-refractivity contribution in [2.45, 2.75) is 13.8 Å². The van der Waals surface area contributed by atoms with Crippen LogP contribution in [0.15, 0.2) is 23.6 Å². The highest BCUT2D eigenvalue weighted by Crippen LogP contribution is 2.10. The second kappa shape index (κ2) is 3.33. The number of allylic oxidation sites excluding steroid dienone is 4. The molecule has 0 aromatic heterocycles. The van der Waals surface area contributed by atoms with Gasteiger partial charge < -0.3 is 0 Å². The van der Waals surface area contributed by atoms with Gasteiger partial charge in [-0.05, 0) is 13.8 Å². The first kappa shape index (κ1) is 8.27. The summed E-state index contributed by atoms with van der Waals surface area (Å²) in [4.78, 5) is 0. The minimum atomic E-state index is -1.16. The SMILES string of the molecule is C/C(F)=C(F)\C=C(/C)F. The molecule has 0 bridgehead atoms. The number of halogens is 3. The Bertz CT molecular complexity index is 148. The van der Waals surface area contributed by atoms with Gasteiger partial charge in [0.1, 0.15) is 5.83 Å². The lowest BCUT2D eigenvalue weighted by molar-refractivity contribution is 0.546. The van der Waals surface area contributed by atoms with E-state index in [1.165, 1.54) is 0 Å². The lowest BCUT2D eigenvalue weighted by atomic mass is 10.4. The average Bonchev–Trinajstić information content (AvgIpc) is 1.63. The van der Waals surface area contributed by atoms with Crippen LogP contribution in [0.1, 0.15) is 13.8 Å². The Morgan fingerprint density at radius 3 is 1.67 bits per heavy atom. The van der Waals surface area contributed by atoms with Gasteiger partial charge in [-0.1, -0.05) is 0 Å². The highest BCUT2D eigenvalue weighted by Gasteiger charge is 1.95. The van der Waals surface area contributed by atoms with E-state index in [2.05, 4.69) is 0 Å². The minimum Gasteiger partial charge on any atom is -0.212 e. The molecule has 0 fully saturated rings. The lowest BCUT2D eigenvalue weighted by Gasteiger charge is -1.85. The summed E-state index contributed by atoms with van der Waals surface area (Å²) in [6.45, 7) is 1.97. The van der Waals surface area contributed by atoms with Crippen LogP contribution in [-0.4, -0.2) is 0 Å². The number of rotatable bonds is 1. The van der Waals surface area contributed by atoms with Crippen molar-refractivity contribution in [1.82, 2.24) is 0 Å². The molecule has 0 radical (unpaired) electrons. The van der Waals surface area contributed by atoms with E-state index in [0.717, 1.165) is 13.8 Å². The zero-order valence-electron chi connectivity index (χ0n) is 5.21. The highest BCUT2D eigenvalue weighted by atomic mass is 19.2. The molecule has 0 aromatic rings. The fraction of sp³-hybridized carbons (Fsp3) is 0.333. The fourth-order valence-corrected chi connectivity index (χ4v) is 0.274. The Hall–Kier alpha value is -0.730. The summed E-state index contributed by atoms with van der Waals surface area (Å²) < 4.78 is 35.4. The topological polar surface area (TPSA) is 0 Å². The molecule has 0 N–H and O–H groups in total. The molecule has 0 saturated carbocycles. The van der Waals surface area contributed by atoms with Crippen LogP contribution < -0.4 is 0 Å². The van der Waals surface area contributed by atoms with E-state index in [1.807, 2.05) is 0 Å². The second-order valence-corrected chi connectivity index (χ2v) is 1.61. The first-order chi connectivity index (χ1) is 4.04. The van der Waals surface area contributed by atoms with Gasteiger partial charge in [0.15, 0.2) is 5.83 Å². The predicted molar refractivity (Wildman–Crippen MR) is 29.8 cm³/mol. The van der Waals surface area contributed by atoms with Crippen molar-refractivity contribution in [3.63, 3.8) is 0 Å². The minimum absolute atomic E-state index is 0.495. The summed E-state index contributed by atoms with van der Waals surface area (Å²) in [5, 5.41) is 0. The van der Waals surface area contributed by atoms with Gasteiger partial charge in [-0.2, -0.15) is 0 Å². The van der Waals surface area contributed by atoms with Crippen molar-refractivity contribution in [3.8, 4) is 0 Å². The van der Waals surface area contributed by atoms with Crippen molar-refractivity contribution in [3.05, 3.63) is 23.6 Å². The van der Waals surface area contributed by atoms with Crippen LogP contribution in [0.4, 0.5) is 13.2 Å². The molecule has 9 heavy (non-hydrogen) atoms. The molecule has 0 spiro atoms. The average molecular weight is 136 g/mol. The van der Waals surface area contributed by atoms with Crippen molar-refractivity contribution in [2.24, 2.45) is 0 Å². The van der Waals surface area contributed by atoms with Crippen molar-refractivity contribution in [1.29, 1.82) is 0 Å². The predicted octanol–water partition coefficient (Wildman–Crippen LogP) is 3.03. The lowest BCUT2D eigenvalue weighted by Crippen LogP contribution is -1.70. The van der Waals surface area contributed by atoms with Crippen molar-refractivity contribution < 1.29 is 13.2 Å². The van der Waals surface area contributed by atoms with Crippen LogP contribution in [0.25, 0.3) is 0 Å². The Kier molecular flexibility index (Phi) is 3.06. The Morgan fingerprint density at radius 1 is 1.11 bits per heavy atom. The molecule has 0 aromatic carbocycles. The molecule has 0 atom stereocenters. The van der Waals surface area contributed by atoms with Gasteiger partial charge in [0.2, 0.25) is 0 Å². The fourth-order valence-electron chi connectivity index (χ4n) is 0.274. The molecular weight excluding hydrogens is 129 g/mol. The third kappa shape index (κ3) is 3.82. The molecule has 0 aliphatic rings. The standard InChI is InChI=1S/C6H7F3/c1-4(7)3-6(9)5(2)8/h3H,1-2H3/b4-3+,6-5-. The van der Waals surface area contributed by atoms with E-state index >= 15 is 0 Å². The van der Waals surface area contributed by atoms with Crippen LogP contribution >= 0.6 is 0 Å². The first-order valence-corrected chi connectivity index (χ1v) is 2.39.